The van der Waals surface area contributed by atoms with Crippen LogP contribution in [0.5, 0.6) is 0 Å². The molecule has 1 aliphatic carbocycles. The fraction of sp³-hybridized carbons (Fsp3) is 0.400. The van der Waals surface area contributed by atoms with Gasteiger partial charge in [-0.2, -0.15) is 0 Å². The normalized spacial score (nSPS) is 18.4. The van der Waals surface area contributed by atoms with Crippen molar-refractivity contribution in [2.75, 3.05) is 25.5 Å². The monoisotopic (exact) mass is 469 g/mol. The Kier molecular flexibility index (Phi) is 6.87. The number of likely N-dealkylation sites (N-methyl/N-ethyl adjacent to an activating group) is 1. The molecule has 182 valence electrons. The standard InChI is InChI=1S/C30H35N3O2/c1-32-18-16-23-19-26(33(2)25-10-7-22(8-11-25)21-5-3-4-6-21)12-13-27(23)29(32)14-9-24-20-31-17-15-28(24)30(34)35/h7-8,10-13,15,17,19-21,29H,3-6,9,14,16,18H2,1-2H3,(H,34,35)/t29-/m0/s1. The highest BCUT2D eigenvalue weighted by atomic mass is 16.4. The lowest BCUT2D eigenvalue weighted by molar-refractivity contribution is 0.0695. The molecule has 0 saturated heterocycles. The number of hydrogen-bond acceptors (Lipinski definition) is 4. The summed E-state index contributed by atoms with van der Waals surface area (Å²) in [5.74, 6) is -0.144. The number of carboxylic acids is 1. The molecule has 0 unspecified atom stereocenters. The molecule has 5 heteroatoms. The topological polar surface area (TPSA) is 56.7 Å². The summed E-state index contributed by atoms with van der Waals surface area (Å²) in [6.07, 6.45) is 11.2. The van der Waals surface area contributed by atoms with Crippen LogP contribution in [-0.4, -0.2) is 41.6 Å². The van der Waals surface area contributed by atoms with Gasteiger partial charge in [0.05, 0.1) is 5.56 Å². The lowest BCUT2D eigenvalue weighted by Crippen LogP contribution is -2.32. The Bertz CT molecular complexity index is 1180. The highest BCUT2D eigenvalue weighted by molar-refractivity contribution is 5.89. The van der Waals surface area contributed by atoms with Gasteiger partial charge in [0.2, 0.25) is 0 Å². The summed E-state index contributed by atoms with van der Waals surface area (Å²) in [5, 5.41) is 9.52. The Hall–Kier alpha value is -3.18. The van der Waals surface area contributed by atoms with Gasteiger partial charge in [0.25, 0.3) is 0 Å². The molecule has 35 heavy (non-hydrogen) atoms. The van der Waals surface area contributed by atoms with Crippen LogP contribution in [0.15, 0.2) is 60.9 Å². The van der Waals surface area contributed by atoms with E-state index in [2.05, 4.69) is 71.3 Å². The quantitative estimate of drug-likeness (QED) is 0.436. The molecule has 0 amide bonds. The number of rotatable bonds is 7. The van der Waals surface area contributed by atoms with Crippen molar-refractivity contribution in [3.05, 3.63) is 88.7 Å². The average molecular weight is 470 g/mol. The molecule has 5 nitrogen and oxygen atoms in total. The number of carbonyl (C=O) groups is 1. The number of aromatic nitrogens is 1. The third-order valence-electron chi connectivity index (χ3n) is 8.07. The third kappa shape index (κ3) is 4.96. The van der Waals surface area contributed by atoms with E-state index in [1.807, 2.05) is 0 Å². The molecule has 1 saturated carbocycles. The molecule has 0 radical (unpaired) electrons. The molecule has 2 aromatic carbocycles. The predicted molar refractivity (Wildman–Crippen MR) is 141 cm³/mol. The van der Waals surface area contributed by atoms with Gasteiger partial charge in [-0.25, -0.2) is 4.79 Å². The summed E-state index contributed by atoms with van der Waals surface area (Å²) in [6, 6.07) is 17.9. The van der Waals surface area contributed by atoms with E-state index in [1.54, 1.807) is 18.5 Å². The van der Waals surface area contributed by atoms with Crippen molar-refractivity contribution in [1.82, 2.24) is 9.88 Å². The van der Waals surface area contributed by atoms with Crippen molar-refractivity contribution >= 4 is 17.3 Å². The summed E-state index contributed by atoms with van der Waals surface area (Å²) in [5.41, 5.74) is 7.82. The zero-order chi connectivity index (χ0) is 24.4. The first-order chi connectivity index (χ1) is 17.0. The Morgan fingerprint density at radius 2 is 1.83 bits per heavy atom. The number of aryl methyl sites for hydroxylation is 1. The molecule has 2 aliphatic rings. The number of pyridine rings is 1. The highest BCUT2D eigenvalue weighted by Crippen LogP contribution is 2.37. The summed E-state index contributed by atoms with van der Waals surface area (Å²) in [4.78, 5) is 20.4. The minimum Gasteiger partial charge on any atom is -0.478 e. The van der Waals surface area contributed by atoms with E-state index in [1.165, 1.54) is 53.7 Å². The van der Waals surface area contributed by atoms with Gasteiger partial charge in [-0.05, 0) is 97.7 Å². The van der Waals surface area contributed by atoms with Gasteiger partial charge in [-0.3, -0.25) is 9.88 Å². The molecule has 1 atom stereocenters. The molecule has 1 N–H and O–H groups in total. The molecule has 2 heterocycles. The van der Waals surface area contributed by atoms with Crippen LogP contribution in [0.3, 0.4) is 0 Å². The Balaban J connectivity index is 1.33. The molecule has 3 aromatic rings. The molecular weight excluding hydrogens is 434 g/mol. The van der Waals surface area contributed by atoms with Gasteiger partial charge in [0.1, 0.15) is 0 Å². The Morgan fingerprint density at radius 1 is 1.09 bits per heavy atom. The molecule has 0 spiro atoms. The first-order valence-electron chi connectivity index (χ1n) is 12.8. The van der Waals surface area contributed by atoms with E-state index < -0.39 is 5.97 Å². The van der Waals surface area contributed by atoms with E-state index in [-0.39, 0.29) is 6.04 Å². The zero-order valence-corrected chi connectivity index (χ0v) is 20.8. The first kappa shape index (κ1) is 23.6. The van der Waals surface area contributed by atoms with Crippen molar-refractivity contribution in [1.29, 1.82) is 0 Å². The molecular formula is C30H35N3O2. The molecule has 1 fully saturated rings. The first-order valence-corrected chi connectivity index (χ1v) is 12.8. The van der Waals surface area contributed by atoms with Crippen LogP contribution in [0, 0.1) is 0 Å². The van der Waals surface area contributed by atoms with E-state index in [4.69, 9.17) is 0 Å². The fourth-order valence-corrected chi connectivity index (χ4v) is 5.91. The van der Waals surface area contributed by atoms with Crippen molar-refractivity contribution < 1.29 is 9.90 Å². The minimum atomic E-state index is -0.885. The summed E-state index contributed by atoms with van der Waals surface area (Å²) >= 11 is 0. The second kappa shape index (κ2) is 10.2. The largest absolute Gasteiger partial charge is 0.478 e. The zero-order valence-electron chi connectivity index (χ0n) is 20.8. The van der Waals surface area contributed by atoms with Crippen LogP contribution >= 0.6 is 0 Å². The molecule has 1 aliphatic heterocycles. The maximum Gasteiger partial charge on any atom is 0.336 e. The lowest BCUT2D eigenvalue weighted by atomic mass is 9.88. The minimum absolute atomic E-state index is 0.269. The van der Waals surface area contributed by atoms with E-state index in [0.717, 1.165) is 30.9 Å². The van der Waals surface area contributed by atoms with Gasteiger partial charge in [0.15, 0.2) is 0 Å². The summed E-state index contributed by atoms with van der Waals surface area (Å²) < 4.78 is 0. The number of fused-ring (bicyclic) bond motifs is 1. The lowest BCUT2D eigenvalue weighted by Gasteiger charge is -2.35. The summed E-state index contributed by atoms with van der Waals surface area (Å²) in [7, 11) is 4.31. The number of benzene rings is 2. The smallest absolute Gasteiger partial charge is 0.336 e. The molecule has 5 rings (SSSR count). The second-order valence-corrected chi connectivity index (χ2v) is 10.1. The number of anilines is 2. The van der Waals surface area contributed by atoms with Crippen molar-refractivity contribution in [3.8, 4) is 0 Å². The van der Waals surface area contributed by atoms with Gasteiger partial charge >= 0.3 is 5.97 Å². The van der Waals surface area contributed by atoms with Gasteiger partial charge in [0, 0.05) is 43.4 Å². The Morgan fingerprint density at radius 3 is 2.57 bits per heavy atom. The van der Waals surface area contributed by atoms with Crippen LogP contribution in [0.2, 0.25) is 0 Å². The number of hydrogen-bond donors (Lipinski definition) is 1. The second-order valence-electron chi connectivity index (χ2n) is 10.1. The van der Waals surface area contributed by atoms with Crippen molar-refractivity contribution in [2.24, 2.45) is 0 Å². The van der Waals surface area contributed by atoms with Crippen molar-refractivity contribution in [3.63, 3.8) is 0 Å². The number of carboxylic acid groups (broad SMARTS) is 1. The van der Waals surface area contributed by atoms with E-state index >= 15 is 0 Å². The SMILES string of the molecule is CN(c1ccc(C2CCCC2)cc1)c1ccc2c(c1)CCN(C)[C@H]2CCc1cnccc1C(=O)O. The maximum atomic E-state index is 11.6. The predicted octanol–water partition coefficient (Wildman–Crippen LogP) is 6.37. The Labute approximate surface area is 208 Å². The maximum absolute atomic E-state index is 11.6. The third-order valence-corrected chi connectivity index (χ3v) is 8.07. The number of aromatic carboxylic acids is 1. The van der Waals surface area contributed by atoms with Gasteiger partial charge in [-0.15, -0.1) is 0 Å². The fourth-order valence-electron chi connectivity index (χ4n) is 5.91. The average Bonchev–Trinajstić information content (AvgIpc) is 3.43. The van der Waals surface area contributed by atoms with Crippen molar-refractivity contribution in [2.45, 2.75) is 56.9 Å². The van der Waals surface area contributed by atoms with Crippen LogP contribution in [0.1, 0.15) is 76.7 Å². The van der Waals surface area contributed by atoms with E-state index in [9.17, 15) is 9.90 Å². The van der Waals surface area contributed by atoms with Gasteiger partial charge in [-0.1, -0.05) is 31.0 Å². The highest BCUT2D eigenvalue weighted by Gasteiger charge is 2.26. The van der Waals surface area contributed by atoms with Crippen LogP contribution < -0.4 is 4.90 Å². The van der Waals surface area contributed by atoms with Crippen LogP contribution in [0.4, 0.5) is 11.4 Å². The molecule has 1 aromatic heterocycles. The van der Waals surface area contributed by atoms with Crippen LogP contribution in [-0.2, 0) is 12.8 Å². The molecule has 0 bridgehead atoms. The summed E-state index contributed by atoms with van der Waals surface area (Å²) in [6.45, 7) is 1.000. The van der Waals surface area contributed by atoms with Gasteiger partial charge < -0.3 is 10.0 Å². The number of nitrogens with zero attached hydrogens (tertiary/aromatic N) is 3. The van der Waals surface area contributed by atoms with Crippen LogP contribution in [0.25, 0.3) is 0 Å². The van der Waals surface area contributed by atoms with E-state index in [0.29, 0.717) is 12.0 Å².